The molecule has 0 saturated heterocycles. The van der Waals surface area contributed by atoms with Crippen LogP contribution in [-0.4, -0.2) is 11.1 Å². The van der Waals surface area contributed by atoms with E-state index in [4.69, 9.17) is 5.11 Å². The van der Waals surface area contributed by atoms with Gasteiger partial charge in [0.15, 0.2) is 0 Å². The average molecular weight is 287 g/mol. The lowest BCUT2D eigenvalue weighted by atomic mass is 10.1. The summed E-state index contributed by atoms with van der Waals surface area (Å²) < 4.78 is 0. The second-order valence-electron chi connectivity index (χ2n) is 4.70. The monoisotopic (exact) mass is 287 g/mol. The molecule has 0 spiro atoms. The van der Waals surface area contributed by atoms with Crippen molar-refractivity contribution < 1.29 is 9.90 Å². The fourth-order valence-electron chi connectivity index (χ4n) is 2.23. The highest BCUT2D eigenvalue weighted by Gasteiger charge is 2.12. The number of carboxylic acid groups (broad SMARTS) is 1. The normalized spacial score (nSPS) is 9.82. The molecule has 0 radical (unpaired) electrons. The third-order valence-electron chi connectivity index (χ3n) is 3.26. The van der Waals surface area contributed by atoms with Crippen molar-refractivity contribution in [3.63, 3.8) is 0 Å². The summed E-state index contributed by atoms with van der Waals surface area (Å²) in [4.78, 5) is 13.0. The second kappa shape index (κ2) is 6.02. The van der Waals surface area contributed by atoms with Crippen molar-refractivity contribution in [3.05, 3.63) is 90.5 Å². The van der Waals surface area contributed by atoms with Crippen molar-refractivity contribution >= 4 is 23.0 Å². The Labute approximate surface area is 129 Å². The van der Waals surface area contributed by atoms with Gasteiger partial charge >= 0.3 is 5.97 Å². The van der Waals surface area contributed by atoms with E-state index < -0.39 is 5.97 Å². The Kier molecular flexibility index (Phi) is 3.76. The van der Waals surface area contributed by atoms with Gasteiger partial charge in [0, 0.05) is 11.4 Å². The Balaban J connectivity index is 2.08. The zero-order chi connectivity index (χ0) is 15.4. The first-order valence-electron chi connectivity index (χ1n) is 6.82. The summed E-state index contributed by atoms with van der Waals surface area (Å²) in [6.07, 6.45) is 0. The summed E-state index contributed by atoms with van der Waals surface area (Å²) in [6, 6.07) is 28.3. The Hall–Kier alpha value is -3.25. The molecule has 0 amide bonds. The van der Waals surface area contributed by atoms with Crippen molar-refractivity contribution in [2.75, 3.05) is 4.90 Å². The van der Waals surface area contributed by atoms with Gasteiger partial charge < -0.3 is 10.0 Å². The maximum Gasteiger partial charge on any atom is 0.335 e. The number of rotatable bonds is 4. The molecule has 1 N–H and O–H groups in total. The van der Waals surface area contributed by atoms with Crippen LogP contribution in [0.4, 0.5) is 17.1 Å². The third kappa shape index (κ3) is 2.77. The van der Waals surface area contributed by atoms with Crippen molar-refractivity contribution in [1.29, 1.82) is 0 Å². The summed E-state index contributed by atoms with van der Waals surface area (Å²) in [7, 11) is 0. The second-order valence-corrected chi connectivity index (χ2v) is 4.70. The van der Waals surface area contributed by atoms with Crippen LogP contribution >= 0.6 is 0 Å². The van der Waals surface area contributed by atoms with E-state index in [2.05, 4.69) is 12.1 Å². The number of hydrogen-bond acceptors (Lipinski definition) is 2. The predicted octanol–water partition coefficient (Wildman–Crippen LogP) is 4.45. The zero-order valence-corrected chi connectivity index (χ0v) is 11.7. The Morgan fingerprint density at radius 2 is 1.55 bits per heavy atom. The standard InChI is InChI=1S/C19H13NO2/c21-19(22)15-11-13-18(14-12-15)20(16-7-3-1-4-8-16)17-9-5-2-6-10-17/h1-5,7-9,11-14H,(H,21,22). The molecular weight excluding hydrogens is 274 g/mol. The van der Waals surface area contributed by atoms with E-state index in [0.29, 0.717) is 0 Å². The van der Waals surface area contributed by atoms with E-state index in [-0.39, 0.29) is 5.56 Å². The summed E-state index contributed by atoms with van der Waals surface area (Å²) in [6.45, 7) is 0. The molecular formula is C19H13NO2. The highest BCUT2D eigenvalue weighted by Crippen LogP contribution is 2.32. The molecule has 3 heteroatoms. The molecule has 0 aliphatic rings. The van der Waals surface area contributed by atoms with E-state index >= 15 is 0 Å². The quantitative estimate of drug-likeness (QED) is 0.770. The van der Waals surface area contributed by atoms with Crippen LogP contribution in [0.25, 0.3) is 0 Å². The van der Waals surface area contributed by atoms with Crippen molar-refractivity contribution in [2.45, 2.75) is 0 Å². The molecule has 0 fully saturated rings. The largest absolute Gasteiger partial charge is 0.478 e. The van der Waals surface area contributed by atoms with E-state index in [1.54, 1.807) is 30.3 Å². The molecule has 0 aliphatic heterocycles. The van der Waals surface area contributed by atoms with Crippen molar-refractivity contribution in [3.8, 4) is 0 Å². The Morgan fingerprint density at radius 3 is 2.14 bits per heavy atom. The number of carbonyl (C=O) groups is 1. The number of para-hydroxylation sites is 1. The van der Waals surface area contributed by atoms with E-state index in [1.165, 1.54) is 0 Å². The molecule has 3 rings (SSSR count). The molecule has 0 saturated carbocycles. The molecule has 0 atom stereocenters. The number of aromatic carboxylic acids is 1. The van der Waals surface area contributed by atoms with Crippen LogP contribution in [0.3, 0.4) is 0 Å². The van der Waals surface area contributed by atoms with E-state index in [9.17, 15) is 4.79 Å². The van der Waals surface area contributed by atoms with Gasteiger partial charge in [-0.25, -0.2) is 4.79 Å². The van der Waals surface area contributed by atoms with Gasteiger partial charge in [-0.3, -0.25) is 0 Å². The SMILES string of the molecule is O=C(O)c1ccc(N(c2c#cccc2)c2ccccc2)cc1. The molecule has 3 aromatic rings. The minimum atomic E-state index is -0.933. The third-order valence-corrected chi connectivity index (χ3v) is 3.26. The molecule has 0 aliphatic carbocycles. The minimum Gasteiger partial charge on any atom is -0.478 e. The van der Waals surface area contributed by atoms with Crippen LogP contribution in [0.15, 0.2) is 72.8 Å². The molecule has 0 heterocycles. The number of nitrogens with zero attached hydrogens (tertiary/aromatic N) is 1. The van der Waals surface area contributed by atoms with Gasteiger partial charge in [-0.1, -0.05) is 30.3 Å². The molecule has 22 heavy (non-hydrogen) atoms. The molecule has 0 bridgehead atoms. The highest BCUT2D eigenvalue weighted by molar-refractivity contribution is 5.88. The maximum absolute atomic E-state index is 11.0. The summed E-state index contributed by atoms with van der Waals surface area (Å²) in [5.74, 6) is -0.933. The number of hydrogen-bond donors (Lipinski definition) is 1. The average Bonchev–Trinajstić information content (AvgIpc) is 2.57. The lowest BCUT2D eigenvalue weighted by molar-refractivity contribution is 0.0697. The predicted molar refractivity (Wildman–Crippen MR) is 85.8 cm³/mol. The van der Waals surface area contributed by atoms with Gasteiger partial charge in [0.25, 0.3) is 0 Å². The van der Waals surface area contributed by atoms with Crippen LogP contribution in [0.5, 0.6) is 0 Å². The first-order chi connectivity index (χ1) is 10.8. The van der Waals surface area contributed by atoms with Gasteiger partial charge in [-0.2, -0.15) is 0 Å². The van der Waals surface area contributed by atoms with Crippen LogP contribution < -0.4 is 4.90 Å². The number of benzene rings is 2. The van der Waals surface area contributed by atoms with Crippen molar-refractivity contribution in [2.24, 2.45) is 0 Å². The van der Waals surface area contributed by atoms with Gasteiger partial charge in [0.1, 0.15) is 0 Å². The minimum absolute atomic E-state index is 0.264. The number of carboxylic acids is 1. The van der Waals surface area contributed by atoms with Crippen molar-refractivity contribution in [1.82, 2.24) is 0 Å². The fraction of sp³-hybridized carbons (Fsp3) is 0. The van der Waals surface area contributed by atoms with E-state index in [0.717, 1.165) is 17.1 Å². The molecule has 3 nitrogen and oxygen atoms in total. The van der Waals surface area contributed by atoms with Crippen LogP contribution in [0, 0.1) is 12.1 Å². The van der Waals surface area contributed by atoms with Crippen LogP contribution in [0.2, 0.25) is 0 Å². The van der Waals surface area contributed by atoms with Gasteiger partial charge in [0.05, 0.1) is 11.3 Å². The Bertz CT molecular complexity index is 713. The summed E-state index contributed by atoms with van der Waals surface area (Å²) >= 11 is 0. The lowest BCUT2D eigenvalue weighted by Gasteiger charge is -2.23. The smallest absolute Gasteiger partial charge is 0.335 e. The molecule has 3 aromatic carbocycles. The highest BCUT2D eigenvalue weighted by atomic mass is 16.4. The lowest BCUT2D eigenvalue weighted by Crippen LogP contribution is -2.09. The fourth-order valence-corrected chi connectivity index (χ4v) is 2.23. The first kappa shape index (κ1) is 13.7. The summed E-state index contributed by atoms with van der Waals surface area (Å²) in [5.41, 5.74) is 2.95. The number of anilines is 3. The van der Waals surface area contributed by atoms with Crippen LogP contribution in [-0.2, 0) is 0 Å². The van der Waals surface area contributed by atoms with Gasteiger partial charge in [-0.05, 0) is 54.6 Å². The maximum atomic E-state index is 11.0. The summed E-state index contributed by atoms with van der Waals surface area (Å²) in [5, 5.41) is 9.02. The van der Waals surface area contributed by atoms with E-state index in [1.807, 2.05) is 47.4 Å². The van der Waals surface area contributed by atoms with Gasteiger partial charge in [-0.15, -0.1) is 0 Å². The zero-order valence-electron chi connectivity index (χ0n) is 11.7. The first-order valence-corrected chi connectivity index (χ1v) is 6.82. The topological polar surface area (TPSA) is 40.5 Å². The Morgan fingerprint density at radius 1 is 0.864 bits per heavy atom. The molecule has 0 aromatic heterocycles. The van der Waals surface area contributed by atoms with Gasteiger partial charge in [0.2, 0.25) is 0 Å². The van der Waals surface area contributed by atoms with Crippen LogP contribution in [0.1, 0.15) is 10.4 Å². The molecule has 0 unspecified atom stereocenters. The molecule has 106 valence electrons.